The van der Waals surface area contributed by atoms with Crippen LogP contribution in [-0.4, -0.2) is 124 Å². The molecule has 0 aromatic heterocycles. The van der Waals surface area contributed by atoms with Crippen LogP contribution in [0.1, 0.15) is 61.3 Å². The lowest BCUT2D eigenvalue weighted by Crippen LogP contribution is -2.44. The summed E-state index contributed by atoms with van der Waals surface area (Å²) in [5.74, 6) is -2.92. The number of benzene rings is 3. The average molecular weight is 955 g/mol. The SMILES string of the molecule is CC(=O)OCC(COC(C)=O)OC(C)=O.CCOC(=O)CC(O)(CC(=O)OCC)C(=O)OCC.CCOCCOCCO.O=P(Oc1ccccc1)(Oc1ccccc1)Oc1ccccc1. The summed E-state index contributed by atoms with van der Waals surface area (Å²) >= 11 is 0. The number of carbonyl (C=O) groups excluding carboxylic acids is 6. The Morgan fingerprint density at radius 2 is 0.909 bits per heavy atom. The molecule has 0 aliphatic heterocycles. The monoisotopic (exact) mass is 954 g/mol. The predicted octanol–water partition coefficient (Wildman–Crippen LogP) is 5.59. The smallest absolute Gasteiger partial charge is 0.466 e. The first-order valence-corrected chi connectivity index (χ1v) is 22.2. The van der Waals surface area contributed by atoms with Crippen LogP contribution in [0.4, 0.5) is 0 Å². The third-order valence-electron chi connectivity index (χ3n) is 7.11. The van der Waals surface area contributed by atoms with Crippen LogP contribution in [0.3, 0.4) is 0 Å². The summed E-state index contributed by atoms with van der Waals surface area (Å²) in [6.45, 7) is 12.8. The van der Waals surface area contributed by atoms with Gasteiger partial charge in [0.15, 0.2) is 11.7 Å². The van der Waals surface area contributed by atoms with Crippen molar-refractivity contribution >= 4 is 43.6 Å². The fraction of sp³-hybridized carbons (Fsp3) is 0.467. The Kier molecular flexibility index (Phi) is 32.9. The van der Waals surface area contributed by atoms with Crippen LogP contribution < -0.4 is 13.6 Å². The Labute approximate surface area is 385 Å². The van der Waals surface area contributed by atoms with Crippen molar-refractivity contribution < 1.29 is 95.0 Å². The second-order valence-corrected chi connectivity index (χ2v) is 14.2. The molecule has 0 aliphatic carbocycles. The highest BCUT2D eigenvalue weighted by Crippen LogP contribution is 2.49. The number of phosphoric acid groups is 1. The number of aliphatic hydroxyl groups excluding tert-OH is 1. The topological polar surface area (TPSA) is 261 Å². The fourth-order valence-corrected chi connectivity index (χ4v) is 5.71. The van der Waals surface area contributed by atoms with E-state index in [-0.39, 0.29) is 39.6 Å². The molecule has 0 radical (unpaired) electrons. The predicted molar refractivity (Wildman–Crippen MR) is 236 cm³/mol. The Morgan fingerprint density at radius 3 is 1.23 bits per heavy atom. The van der Waals surface area contributed by atoms with Crippen molar-refractivity contribution in [3.63, 3.8) is 0 Å². The second kappa shape index (κ2) is 36.2. The molecule has 3 aromatic carbocycles. The Hall–Kier alpha value is -6.05. The third kappa shape index (κ3) is 30.9. The van der Waals surface area contributed by atoms with Gasteiger partial charge in [0.25, 0.3) is 0 Å². The number of phosphoric ester groups is 1. The number of rotatable bonds is 25. The van der Waals surface area contributed by atoms with E-state index >= 15 is 0 Å². The minimum absolute atomic E-state index is 0.0206. The summed E-state index contributed by atoms with van der Waals surface area (Å²) in [4.78, 5) is 66.0. The van der Waals surface area contributed by atoms with E-state index < -0.39 is 68.2 Å². The molecule has 20 nitrogen and oxygen atoms in total. The lowest BCUT2D eigenvalue weighted by atomic mass is 9.95. The summed E-state index contributed by atoms with van der Waals surface area (Å²) in [7, 11) is -3.89. The number of carbonyl (C=O) groups is 6. The molecule has 0 saturated carbocycles. The van der Waals surface area contributed by atoms with Crippen LogP contribution in [0.5, 0.6) is 17.2 Å². The lowest BCUT2D eigenvalue weighted by Gasteiger charge is -2.23. The molecule has 0 fully saturated rings. The Morgan fingerprint density at radius 1 is 0.530 bits per heavy atom. The molecule has 0 atom stereocenters. The van der Waals surface area contributed by atoms with E-state index in [1.54, 1.807) is 93.6 Å². The van der Waals surface area contributed by atoms with E-state index in [0.717, 1.165) is 6.61 Å². The van der Waals surface area contributed by atoms with E-state index in [1.165, 1.54) is 20.8 Å². The maximum atomic E-state index is 13.1. The van der Waals surface area contributed by atoms with Gasteiger partial charge in [0, 0.05) is 27.4 Å². The molecule has 0 unspecified atom stereocenters. The lowest BCUT2D eigenvalue weighted by molar-refractivity contribution is -0.177. The van der Waals surface area contributed by atoms with Gasteiger partial charge in [-0.3, -0.25) is 24.0 Å². The van der Waals surface area contributed by atoms with Gasteiger partial charge in [-0.25, -0.2) is 4.79 Å². The van der Waals surface area contributed by atoms with Gasteiger partial charge in [-0.2, -0.15) is 4.57 Å². The zero-order valence-corrected chi connectivity index (χ0v) is 39.3. The van der Waals surface area contributed by atoms with Crippen molar-refractivity contribution in [2.24, 2.45) is 0 Å². The quantitative estimate of drug-likeness (QED) is 0.0453. The first-order chi connectivity index (χ1) is 31.5. The molecular weight excluding hydrogens is 891 g/mol. The molecule has 3 rings (SSSR count). The molecule has 368 valence electrons. The van der Waals surface area contributed by atoms with Gasteiger partial charge < -0.3 is 61.7 Å². The number of esters is 6. The van der Waals surface area contributed by atoms with Gasteiger partial charge in [0.05, 0.1) is 59.1 Å². The number of hydrogen-bond acceptors (Lipinski definition) is 20. The van der Waals surface area contributed by atoms with Crippen LogP contribution in [0.15, 0.2) is 91.0 Å². The van der Waals surface area contributed by atoms with Crippen LogP contribution in [0, 0.1) is 0 Å². The number of ether oxygens (including phenoxy) is 8. The molecule has 2 N–H and O–H groups in total. The summed E-state index contributed by atoms with van der Waals surface area (Å²) < 4.78 is 67.5. The van der Waals surface area contributed by atoms with Gasteiger partial charge in [0.1, 0.15) is 30.5 Å². The molecule has 0 aliphatic rings. The first-order valence-electron chi connectivity index (χ1n) is 20.7. The van der Waals surface area contributed by atoms with Crippen LogP contribution in [-0.2, 0) is 71.2 Å². The van der Waals surface area contributed by atoms with E-state index in [1.807, 2.05) is 25.1 Å². The van der Waals surface area contributed by atoms with Gasteiger partial charge in [-0.15, -0.1) is 0 Å². The maximum Gasteiger partial charge on any atom is 0.647 e. The molecular formula is C45H63O20P. The highest BCUT2D eigenvalue weighted by Gasteiger charge is 2.43. The molecule has 21 heteroatoms. The summed E-state index contributed by atoms with van der Waals surface area (Å²) in [5, 5.41) is 18.4. The molecule has 0 heterocycles. The molecule has 66 heavy (non-hydrogen) atoms. The maximum absolute atomic E-state index is 13.1. The van der Waals surface area contributed by atoms with Gasteiger partial charge in [-0.05, 0) is 64.1 Å². The molecule has 0 amide bonds. The highest BCUT2D eigenvalue weighted by molar-refractivity contribution is 7.49. The summed E-state index contributed by atoms with van der Waals surface area (Å²) in [5.41, 5.74) is -2.26. The number of para-hydroxylation sites is 3. The van der Waals surface area contributed by atoms with E-state index in [4.69, 9.17) is 32.9 Å². The van der Waals surface area contributed by atoms with Crippen molar-refractivity contribution in [1.29, 1.82) is 0 Å². The van der Waals surface area contributed by atoms with Gasteiger partial charge >= 0.3 is 43.6 Å². The zero-order valence-electron chi connectivity index (χ0n) is 38.4. The summed E-state index contributed by atoms with van der Waals surface area (Å²) in [6.07, 6.45) is -2.06. The molecule has 0 saturated heterocycles. The van der Waals surface area contributed by atoms with Crippen molar-refractivity contribution in [1.82, 2.24) is 0 Å². The largest absolute Gasteiger partial charge is 0.647 e. The standard InChI is InChI=1S/C18H15O4P.C12H20O7.C9H14O6.C6H14O3/c19-23(20-16-10-4-1-5-11-16,21-17-12-6-2-7-13-17)22-18-14-8-3-9-15-18;1-4-17-9(13)7-12(16,11(15)19-6-3)8-10(14)18-5-2;1-6(10)13-4-9(15-8(3)12)5-14-7(2)11;1-2-8-5-6-9-4-3-7/h1-15H;16H,4-8H2,1-3H3;9H,4-5H2,1-3H3;7H,2-6H2,1H3. The van der Waals surface area contributed by atoms with Crippen LogP contribution in [0.2, 0.25) is 0 Å². The number of aliphatic hydroxyl groups is 2. The second-order valence-electron chi connectivity index (χ2n) is 12.7. The molecule has 0 spiro atoms. The van der Waals surface area contributed by atoms with Gasteiger partial charge in [-0.1, -0.05) is 54.6 Å². The minimum atomic E-state index is -3.89. The minimum Gasteiger partial charge on any atom is -0.466 e. The summed E-state index contributed by atoms with van der Waals surface area (Å²) in [6, 6.07) is 26.4. The average Bonchev–Trinajstić information content (AvgIpc) is 3.26. The number of hydrogen-bond donors (Lipinski definition) is 2. The third-order valence-corrected chi connectivity index (χ3v) is 8.41. The fourth-order valence-electron chi connectivity index (χ4n) is 4.46. The van der Waals surface area contributed by atoms with E-state index in [0.29, 0.717) is 37.1 Å². The Bertz CT molecular complexity index is 1690. The van der Waals surface area contributed by atoms with Crippen molar-refractivity contribution in [3.8, 4) is 17.2 Å². The van der Waals surface area contributed by atoms with E-state index in [9.17, 15) is 38.4 Å². The molecule has 0 bridgehead atoms. The van der Waals surface area contributed by atoms with Gasteiger partial charge in [0.2, 0.25) is 0 Å². The Balaban J connectivity index is 0.000000897. The first kappa shape index (κ1) is 60.0. The van der Waals surface area contributed by atoms with Crippen molar-refractivity contribution in [3.05, 3.63) is 91.0 Å². The normalized spacial score (nSPS) is 10.4. The van der Waals surface area contributed by atoms with Crippen molar-refractivity contribution in [2.45, 2.75) is 73.0 Å². The zero-order chi connectivity index (χ0) is 49.6. The van der Waals surface area contributed by atoms with Crippen LogP contribution in [0.25, 0.3) is 0 Å². The van der Waals surface area contributed by atoms with Crippen LogP contribution >= 0.6 is 7.82 Å². The molecule has 3 aromatic rings. The van der Waals surface area contributed by atoms with Crippen molar-refractivity contribution in [2.75, 3.05) is 66.1 Å². The highest BCUT2D eigenvalue weighted by atomic mass is 31.2. The van der Waals surface area contributed by atoms with E-state index in [2.05, 4.69) is 23.7 Å².